The molecule has 1 heterocycles. The van der Waals surface area contributed by atoms with Gasteiger partial charge in [-0.25, -0.2) is 9.69 Å². The van der Waals surface area contributed by atoms with Crippen molar-refractivity contribution in [2.24, 2.45) is 0 Å². The molecule has 0 bridgehead atoms. The summed E-state index contributed by atoms with van der Waals surface area (Å²) in [5.41, 5.74) is 3.24. The van der Waals surface area contributed by atoms with Crippen LogP contribution < -0.4 is 34.5 Å². The van der Waals surface area contributed by atoms with E-state index in [0.717, 1.165) is 22.4 Å². The number of rotatable bonds is 13. The zero-order valence-electron chi connectivity index (χ0n) is 26.3. The van der Waals surface area contributed by atoms with E-state index in [4.69, 9.17) is 18.9 Å². The van der Waals surface area contributed by atoms with Gasteiger partial charge in [0.2, 0.25) is 0 Å². The van der Waals surface area contributed by atoms with Crippen LogP contribution in [0.4, 0.5) is 16.2 Å². The number of nitrogens with zero attached hydrogens (tertiary/aromatic N) is 1. The van der Waals surface area contributed by atoms with Crippen molar-refractivity contribution >= 4 is 63.8 Å². The summed E-state index contributed by atoms with van der Waals surface area (Å²) in [5, 5.41) is 5.06. The molecule has 0 spiro atoms. The molecule has 4 rings (SSSR count). The number of halogens is 1. The summed E-state index contributed by atoms with van der Waals surface area (Å²) < 4.78 is 23.7. The van der Waals surface area contributed by atoms with Gasteiger partial charge in [0.15, 0.2) is 29.6 Å². The molecular formula is C34H36IN3O8. The molecule has 3 aromatic carbocycles. The first-order chi connectivity index (χ1) is 22.1. The van der Waals surface area contributed by atoms with Crippen LogP contribution in [0.15, 0.2) is 54.1 Å². The van der Waals surface area contributed by atoms with Gasteiger partial charge in [-0.15, -0.1) is 0 Å². The minimum Gasteiger partial charge on any atom is -0.490 e. The molecule has 1 aliphatic rings. The highest BCUT2D eigenvalue weighted by molar-refractivity contribution is 14.1. The molecule has 5 amide bonds. The van der Waals surface area contributed by atoms with Gasteiger partial charge in [0, 0.05) is 11.8 Å². The monoisotopic (exact) mass is 741 g/mol. The van der Waals surface area contributed by atoms with Gasteiger partial charge in [-0.3, -0.25) is 19.7 Å². The Morgan fingerprint density at radius 1 is 0.870 bits per heavy atom. The van der Waals surface area contributed by atoms with E-state index in [1.807, 2.05) is 68.5 Å². The van der Waals surface area contributed by atoms with Crippen molar-refractivity contribution in [1.29, 1.82) is 0 Å². The molecule has 1 aliphatic heterocycles. The van der Waals surface area contributed by atoms with Crippen molar-refractivity contribution < 1.29 is 38.1 Å². The molecule has 3 aromatic rings. The number of amides is 5. The molecule has 0 saturated carbocycles. The van der Waals surface area contributed by atoms with E-state index < -0.39 is 17.8 Å². The quantitative estimate of drug-likeness (QED) is 0.121. The summed E-state index contributed by atoms with van der Waals surface area (Å²) in [5.74, 6) is -0.492. The third-order valence-electron chi connectivity index (χ3n) is 6.83. The number of hydrogen-bond donors (Lipinski definition) is 2. The second-order valence-electron chi connectivity index (χ2n) is 10.3. The van der Waals surface area contributed by atoms with Gasteiger partial charge in [-0.05, 0) is 116 Å². The lowest BCUT2D eigenvalue weighted by molar-refractivity contribution is -0.122. The van der Waals surface area contributed by atoms with Gasteiger partial charge in [0.25, 0.3) is 17.7 Å². The Balaban J connectivity index is 1.59. The second kappa shape index (κ2) is 15.6. The number of aryl methyl sites for hydroxylation is 2. The number of nitrogens with one attached hydrogen (secondary N) is 2. The standard InChI is InChI=1S/C34H36IN3O8/c1-6-13-45-27-12-11-24(18-28(27)43-7-2)38-33(41)25(32(40)37-34(38)42)15-22-16-26(35)31(29(17-22)44-8-3)46-19-30(39)36-23-10-9-20(4)21(5)14-23/h9-12,14-18H,6-8,13,19H2,1-5H3,(H,36,39)(H,37,40,42)/b25-15+. The number of benzene rings is 3. The van der Waals surface area contributed by atoms with E-state index in [1.54, 1.807) is 31.2 Å². The van der Waals surface area contributed by atoms with Crippen molar-refractivity contribution in [1.82, 2.24) is 5.32 Å². The molecule has 0 aliphatic carbocycles. The zero-order valence-corrected chi connectivity index (χ0v) is 28.5. The third-order valence-corrected chi connectivity index (χ3v) is 7.63. The molecule has 242 valence electrons. The number of hydrogen-bond acceptors (Lipinski definition) is 8. The molecule has 0 radical (unpaired) electrons. The lowest BCUT2D eigenvalue weighted by Gasteiger charge is -2.27. The second-order valence-corrected chi connectivity index (χ2v) is 11.4. The highest BCUT2D eigenvalue weighted by Crippen LogP contribution is 2.36. The fourth-order valence-corrected chi connectivity index (χ4v) is 5.30. The number of imide groups is 2. The smallest absolute Gasteiger partial charge is 0.335 e. The summed E-state index contributed by atoms with van der Waals surface area (Å²) in [6.45, 7) is 10.4. The highest BCUT2D eigenvalue weighted by Gasteiger charge is 2.37. The van der Waals surface area contributed by atoms with Crippen LogP contribution in [0.3, 0.4) is 0 Å². The first-order valence-corrected chi connectivity index (χ1v) is 15.9. The molecule has 0 unspecified atom stereocenters. The van der Waals surface area contributed by atoms with Crippen molar-refractivity contribution in [3.8, 4) is 23.0 Å². The van der Waals surface area contributed by atoms with Gasteiger partial charge in [-0.1, -0.05) is 13.0 Å². The maximum Gasteiger partial charge on any atom is 0.335 e. The first-order valence-electron chi connectivity index (χ1n) is 14.8. The molecule has 0 aromatic heterocycles. The van der Waals surface area contributed by atoms with Crippen LogP contribution >= 0.6 is 22.6 Å². The normalized spacial score (nSPS) is 13.8. The van der Waals surface area contributed by atoms with E-state index in [9.17, 15) is 19.2 Å². The van der Waals surface area contributed by atoms with E-state index in [2.05, 4.69) is 10.6 Å². The minimum absolute atomic E-state index is 0.209. The highest BCUT2D eigenvalue weighted by atomic mass is 127. The maximum atomic E-state index is 13.6. The van der Waals surface area contributed by atoms with Crippen molar-refractivity contribution in [3.63, 3.8) is 0 Å². The molecule has 11 nitrogen and oxygen atoms in total. The van der Waals surface area contributed by atoms with E-state index in [0.29, 0.717) is 57.6 Å². The van der Waals surface area contributed by atoms with Crippen LogP contribution in [0.1, 0.15) is 43.9 Å². The average molecular weight is 742 g/mol. The molecule has 12 heteroatoms. The van der Waals surface area contributed by atoms with Gasteiger partial charge in [0.1, 0.15) is 5.57 Å². The SMILES string of the molecule is CCCOc1ccc(N2C(=O)NC(=O)/C(=C\c3cc(I)c(OCC(=O)Nc4ccc(C)c(C)c4)c(OCC)c3)C2=O)cc1OCC. The molecule has 1 fully saturated rings. The Morgan fingerprint density at radius 3 is 2.30 bits per heavy atom. The summed E-state index contributed by atoms with van der Waals surface area (Å²) in [7, 11) is 0. The fraction of sp³-hybridized carbons (Fsp3) is 0.294. The number of carbonyl (C=O) groups is 4. The van der Waals surface area contributed by atoms with Gasteiger partial charge in [-0.2, -0.15) is 0 Å². The maximum absolute atomic E-state index is 13.6. The Kier molecular flexibility index (Phi) is 11.6. The van der Waals surface area contributed by atoms with Crippen LogP contribution in [-0.4, -0.2) is 50.2 Å². The average Bonchev–Trinajstić information content (AvgIpc) is 3.00. The molecule has 2 N–H and O–H groups in total. The van der Waals surface area contributed by atoms with Crippen molar-refractivity contribution in [2.45, 2.75) is 41.0 Å². The van der Waals surface area contributed by atoms with Crippen molar-refractivity contribution in [2.75, 3.05) is 36.6 Å². The number of urea groups is 1. The predicted molar refractivity (Wildman–Crippen MR) is 183 cm³/mol. The van der Waals surface area contributed by atoms with Crippen LogP contribution in [0, 0.1) is 17.4 Å². The van der Waals surface area contributed by atoms with Crippen LogP contribution in [-0.2, 0) is 14.4 Å². The Hall–Kier alpha value is -4.59. The molecular weight excluding hydrogens is 705 g/mol. The van der Waals surface area contributed by atoms with Crippen LogP contribution in [0.2, 0.25) is 0 Å². The Bertz CT molecular complexity index is 1690. The third kappa shape index (κ3) is 8.16. The number of carbonyl (C=O) groups excluding carboxylic acids is 4. The van der Waals surface area contributed by atoms with Crippen LogP contribution in [0.5, 0.6) is 23.0 Å². The molecule has 0 atom stereocenters. The van der Waals surface area contributed by atoms with Gasteiger partial charge < -0.3 is 24.3 Å². The van der Waals surface area contributed by atoms with Crippen molar-refractivity contribution in [3.05, 3.63) is 74.4 Å². The van der Waals surface area contributed by atoms with Gasteiger partial charge >= 0.3 is 6.03 Å². The fourth-order valence-electron chi connectivity index (χ4n) is 4.52. The predicted octanol–water partition coefficient (Wildman–Crippen LogP) is 6.18. The van der Waals surface area contributed by atoms with E-state index in [1.165, 1.54) is 12.1 Å². The topological polar surface area (TPSA) is 132 Å². The molecule has 1 saturated heterocycles. The number of anilines is 2. The first kappa shape index (κ1) is 34.3. The summed E-state index contributed by atoms with van der Waals surface area (Å²) >= 11 is 2.03. The lowest BCUT2D eigenvalue weighted by Crippen LogP contribution is -2.54. The minimum atomic E-state index is -0.885. The summed E-state index contributed by atoms with van der Waals surface area (Å²) in [6, 6.07) is 12.7. The molecule has 46 heavy (non-hydrogen) atoms. The van der Waals surface area contributed by atoms with Crippen LogP contribution in [0.25, 0.3) is 6.08 Å². The largest absolute Gasteiger partial charge is 0.490 e. The van der Waals surface area contributed by atoms with E-state index in [-0.39, 0.29) is 23.8 Å². The number of barbiturate groups is 1. The summed E-state index contributed by atoms with van der Waals surface area (Å²) in [4.78, 5) is 52.9. The zero-order chi connectivity index (χ0) is 33.4. The summed E-state index contributed by atoms with van der Waals surface area (Å²) in [6.07, 6.45) is 2.16. The van der Waals surface area contributed by atoms with Gasteiger partial charge in [0.05, 0.1) is 29.1 Å². The van der Waals surface area contributed by atoms with E-state index >= 15 is 0 Å². The number of ether oxygens (including phenoxy) is 4. The Morgan fingerprint density at radius 2 is 1.61 bits per heavy atom. The lowest BCUT2D eigenvalue weighted by atomic mass is 10.1. The Labute approximate surface area is 281 Å².